The lowest BCUT2D eigenvalue weighted by molar-refractivity contribution is -0.426. The monoisotopic (exact) mass is 267 g/mol. The first-order valence-electron chi connectivity index (χ1n) is 4.54. The number of nitrogens with one attached hydrogen (secondary N) is 2. The van der Waals surface area contributed by atoms with Crippen LogP contribution in [0.5, 0.6) is 0 Å². The summed E-state index contributed by atoms with van der Waals surface area (Å²) in [5.41, 5.74) is -0.290. The van der Waals surface area contributed by atoms with Gasteiger partial charge in [0, 0.05) is 13.1 Å². The van der Waals surface area contributed by atoms with Crippen molar-refractivity contribution in [2.75, 3.05) is 20.2 Å². The summed E-state index contributed by atoms with van der Waals surface area (Å²) < 4.78 is 4.54. The fourth-order valence-corrected chi connectivity index (χ4v) is 1.63. The Kier molecular flexibility index (Phi) is 4.70. The van der Waals surface area contributed by atoms with Crippen LogP contribution in [0.15, 0.2) is 21.8 Å². The Bertz CT molecular complexity index is 342. The van der Waals surface area contributed by atoms with Gasteiger partial charge in [0.2, 0.25) is 5.76 Å². The molecule has 1 heterocycles. The summed E-state index contributed by atoms with van der Waals surface area (Å²) in [6.45, 7) is 1.30. The number of rotatable bonds is 3. The zero-order chi connectivity index (χ0) is 12.1. The van der Waals surface area contributed by atoms with Gasteiger partial charge in [0.15, 0.2) is 10.3 Å². The molecule has 0 radical (unpaired) electrons. The fraction of sp³-hybridized carbons (Fsp3) is 0.500. The molecule has 1 saturated heterocycles. The largest absolute Gasteiger partial charge is 0.488 e. The number of ether oxygens (including phenoxy) is 1. The van der Waals surface area contributed by atoms with Crippen molar-refractivity contribution in [1.29, 1.82) is 0 Å². The molecule has 0 amide bonds. The first kappa shape index (κ1) is 12.9. The summed E-state index contributed by atoms with van der Waals surface area (Å²) in [5, 5.41) is 16.7. The van der Waals surface area contributed by atoms with E-state index in [-0.39, 0.29) is 21.8 Å². The van der Waals surface area contributed by atoms with Crippen LogP contribution in [0.1, 0.15) is 6.42 Å². The van der Waals surface area contributed by atoms with Crippen molar-refractivity contribution < 1.29 is 9.66 Å². The second kappa shape index (κ2) is 5.81. The average molecular weight is 268 g/mol. The van der Waals surface area contributed by atoms with Crippen LogP contribution < -0.4 is 10.6 Å². The van der Waals surface area contributed by atoms with Crippen LogP contribution in [-0.2, 0) is 4.74 Å². The molecular formula is C8H11Cl2N3O3. The van der Waals surface area contributed by atoms with E-state index in [9.17, 15) is 10.1 Å². The van der Waals surface area contributed by atoms with Crippen molar-refractivity contribution in [3.05, 3.63) is 31.9 Å². The van der Waals surface area contributed by atoms with E-state index in [4.69, 9.17) is 27.9 Å². The van der Waals surface area contributed by atoms with Crippen LogP contribution in [-0.4, -0.2) is 25.1 Å². The first-order chi connectivity index (χ1) is 7.57. The first-order valence-corrected chi connectivity index (χ1v) is 5.29. The van der Waals surface area contributed by atoms with Crippen LogP contribution in [0.3, 0.4) is 0 Å². The molecule has 0 aromatic carbocycles. The minimum absolute atomic E-state index is 0.162. The van der Waals surface area contributed by atoms with Crippen molar-refractivity contribution in [2.45, 2.75) is 6.42 Å². The highest BCUT2D eigenvalue weighted by Crippen LogP contribution is 2.24. The molecule has 1 aliphatic heterocycles. The van der Waals surface area contributed by atoms with Gasteiger partial charge in [0.05, 0.1) is 12.0 Å². The molecule has 6 nitrogen and oxygen atoms in total. The summed E-state index contributed by atoms with van der Waals surface area (Å²) in [6, 6.07) is 0. The molecule has 90 valence electrons. The third-order valence-electron chi connectivity index (χ3n) is 1.97. The van der Waals surface area contributed by atoms with E-state index < -0.39 is 4.92 Å². The van der Waals surface area contributed by atoms with Gasteiger partial charge in [0.25, 0.3) is 0 Å². The number of hydrogen-bond donors (Lipinski definition) is 2. The Morgan fingerprint density at radius 1 is 1.44 bits per heavy atom. The molecule has 1 fully saturated rings. The maximum Gasteiger partial charge on any atom is 0.352 e. The zero-order valence-corrected chi connectivity index (χ0v) is 10.1. The number of hydrogen-bond acceptors (Lipinski definition) is 5. The zero-order valence-electron chi connectivity index (χ0n) is 8.55. The lowest BCUT2D eigenvalue weighted by atomic mass is 10.3. The number of nitro groups is 1. The second-order valence-electron chi connectivity index (χ2n) is 2.98. The standard InChI is InChI=1S/C8H11Cl2N3O3/c1-16-6(7(9)10)5(13(14)15)8-11-3-2-4-12-8/h11-12H,2-4H2,1H3. The summed E-state index contributed by atoms with van der Waals surface area (Å²) in [7, 11) is 1.27. The van der Waals surface area contributed by atoms with Crippen LogP contribution in [0.2, 0.25) is 0 Å². The van der Waals surface area contributed by atoms with E-state index in [0.29, 0.717) is 13.1 Å². The van der Waals surface area contributed by atoms with Gasteiger partial charge < -0.3 is 15.4 Å². The molecule has 0 aromatic heterocycles. The Labute approximate surface area is 102 Å². The fourth-order valence-electron chi connectivity index (χ4n) is 1.30. The molecule has 0 aliphatic carbocycles. The van der Waals surface area contributed by atoms with Crippen molar-refractivity contribution in [3.63, 3.8) is 0 Å². The van der Waals surface area contributed by atoms with Gasteiger partial charge in [-0.15, -0.1) is 0 Å². The predicted molar refractivity (Wildman–Crippen MR) is 60.4 cm³/mol. The molecule has 2 N–H and O–H groups in total. The lowest BCUT2D eigenvalue weighted by Gasteiger charge is -2.19. The maximum atomic E-state index is 10.9. The summed E-state index contributed by atoms with van der Waals surface area (Å²) in [5.74, 6) is 0.108. The number of halogens is 2. The topological polar surface area (TPSA) is 76.4 Å². The van der Waals surface area contributed by atoms with Gasteiger partial charge in [-0.25, -0.2) is 0 Å². The summed E-state index contributed by atoms with van der Waals surface area (Å²) in [6.07, 6.45) is 0.884. The van der Waals surface area contributed by atoms with Gasteiger partial charge in [-0.1, -0.05) is 23.2 Å². The molecule has 0 atom stereocenters. The quantitative estimate of drug-likeness (QED) is 0.458. The van der Waals surface area contributed by atoms with E-state index in [2.05, 4.69) is 10.6 Å². The van der Waals surface area contributed by atoms with E-state index in [1.165, 1.54) is 7.11 Å². The van der Waals surface area contributed by atoms with Crippen LogP contribution >= 0.6 is 23.2 Å². The normalized spacial score (nSPS) is 14.6. The summed E-state index contributed by atoms with van der Waals surface area (Å²) in [4.78, 5) is 10.3. The van der Waals surface area contributed by atoms with E-state index in [0.717, 1.165) is 6.42 Å². The summed E-state index contributed by atoms with van der Waals surface area (Å²) >= 11 is 11.1. The van der Waals surface area contributed by atoms with E-state index in [1.54, 1.807) is 0 Å². The Hall–Kier alpha value is -1.14. The Morgan fingerprint density at radius 2 is 2.00 bits per heavy atom. The molecule has 0 unspecified atom stereocenters. The van der Waals surface area contributed by atoms with Crippen LogP contribution in [0.4, 0.5) is 0 Å². The van der Waals surface area contributed by atoms with Gasteiger partial charge in [0.1, 0.15) is 0 Å². The maximum absolute atomic E-state index is 10.9. The molecular weight excluding hydrogens is 257 g/mol. The minimum Gasteiger partial charge on any atom is -0.488 e. The number of methoxy groups -OCH3 is 1. The van der Waals surface area contributed by atoms with Crippen molar-refractivity contribution >= 4 is 23.2 Å². The molecule has 1 rings (SSSR count). The van der Waals surface area contributed by atoms with Gasteiger partial charge in [-0.2, -0.15) is 0 Å². The van der Waals surface area contributed by atoms with Gasteiger partial charge >= 0.3 is 5.70 Å². The molecule has 0 aromatic rings. The van der Waals surface area contributed by atoms with Gasteiger partial charge in [-0.05, 0) is 6.42 Å². The smallest absolute Gasteiger partial charge is 0.352 e. The Morgan fingerprint density at radius 3 is 2.38 bits per heavy atom. The molecule has 8 heteroatoms. The van der Waals surface area contributed by atoms with E-state index >= 15 is 0 Å². The molecule has 16 heavy (non-hydrogen) atoms. The Balaban J connectivity index is 3.16. The highest BCUT2D eigenvalue weighted by Gasteiger charge is 2.28. The average Bonchev–Trinajstić information content (AvgIpc) is 2.25. The van der Waals surface area contributed by atoms with Crippen LogP contribution in [0, 0.1) is 10.1 Å². The number of nitrogens with zero attached hydrogens (tertiary/aromatic N) is 1. The second-order valence-corrected chi connectivity index (χ2v) is 3.93. The highest BCUT2D eigenvalue weighted by molar-refractivity contribution is 6.56. The highest BCUT2D eigenvalue weighted by atomic mass is 35.5. The third-order valence-corrected chi connectivity index (χ3v) is 2.31. The molecule has 0 spiro atoms. The van der Waals surface area contributed by atoms with Gasteiger partial charge in [-0.3, -0.25) is 10.1 Å². The lowest BCUT2D eigenvalue weighted by Crippen LogP contribution is -2.37. The minimum atomic E-state index is -0.593. The van der Waals surface area contributed by atoms with E-state index in [1.807, 2.05) is 0 Å². The molecule has 0 saturated carbocycles. The predicted octanol–water partition coefficient (Wildman–Crippen LogP) is 1.31. The van der Waals surface area contributed by atoms with Crippen molar-refractivity contribution in [2.24, 2.45) is 0 Å². The van der Waals surface area contributed by atoms with Crippen molar-refractivity contribution in [1.82, 2.24) is 10.6 Å². The SMILES string of the molecule is COC(=C(Cl)Cl)C(=C1NCCCN1)[N+](=O)[O-]. The van der Waals surface area contributed by atoms with Crippen molar-refractivity contribution in [3.8, 4) is 0 Å². The molecule has 1 aliphatic rings. The molecule has 0 bridgehead atoms. The van der Waals surface area contributed by atoms with Crippen LogP contribution in [0.25, 0.3) is 0 Å². The third kappa shape index (κ3) is 2.93.